The van der Waals surface area contributed by atoms with Crippen molar-refractivity contribution in [3.05, 3.63) is 12.7 Å². The van der Waals surface area contributed by atoms with Gasteiger partial charge in [0, 0.05) is 23.0 Å². The Labute approximate surface area is 97.1 Å². The van der Waals surface area contributed by atoms with E-state index in [4.69, 9.17) is 4.74 Å². The van der Waals surface area contributed by atoms with E-state index < -0.39 is 0 Å². The van der Waals surface area contributed by atoms with Crippen molar-refractivity contribution in [3.63, 3.8) is 0 Å². The summed E-state index contributed by atoms with van der Waals surface area (Å²) >= 11 is 3.90. The van der Waals surface area contributed by atoms with Gasteiger partial charge in [0.15, 0.2) is 0 Å². The summed E-state index contributed by atoms with van der Waals surface area (Å²) in [5.74, 6) is 4.60. The Bertz CT molecular complexity index is 141. The van der Waals surface area contributed by atoms with Crippen LogP contribution in [0.25, 0.3) is 0 Å². The summed E-state index contributed by atoms with van der Waals surface area (Å²) in [7, 11) is 0. The Kier molecular flexibility index (Phi) is 8.94. The molecule has 0 heterocycles. The van der Waals surface area contributed by atoms with Gasteiger partial charge in [-0.1, -0.05) is 6.08 Å². The highest BCUT2D eigenvalue weighted by atomic mass is 32.2. The van der Waals surface area contributed by atoms with Crippen molar-refractivity contribution >= 4 is 23.5 Å². The Morgan fingerprint density at radius 1 is 1.14 bits per heavy atom. The van der Waals surface area contributed by atoms with Gasteiger partial charge in [-0.25, -0.2) is 0 Å². The highest BCUT2D eigenvalue weighted by molar-refractivity contribution is 8.03. The number of rotatable bonds is 8. The minimum Gasteiger partial charge on any atom is -0.375 e. The van der Waals surface area contributed by atoms with E-state index in [9.17, 15) is 0 Å². The summed E-state index contributed by atoms with van der Waals surface area (Å²) in [6.07, 6.45) is 1.96. The normalized spacial score (nSPS) is 11.6. The SMILES string of the molecule is C=CCSCCSCCOC(C)(C)C. The first-order valence-electron chi connectivity index (χ1n) is 4.96. The van der Waals surface area contributed by atoms with Crippen LogP contribution >= 0.6 is 23.5 Å². The largest absolute Gasteiger partial charge is 0.375 e. The first-order chi connectivity index (χ1) is 6.56. The van der Waals surface area contributed by atoms with E-state index in [1.54, 1.807) is 0 Å². The smallest absolute Gasteiger partial charge is 0.0598 e. The average molecular weight is 234 g/mol. The third kappa shape index (κ3) is 12.4. The number of hydrogen-bond donors (Lipinski definition) is 0. The Balaban J connectivity index is 3.03. The highest BCUT2D eigenvalue weighted by Gasteiger charge is 2.08. The molecular formula is C11H22OS2. The van der Waals surface area contributed by atoms with Gasteiger partial charge in [-0.3, -0.25) is 0 Å². The molecule has 84 valence electrons. The van der Waals surface area contributed by atoms with Gasteiger partial charge in [-0.05, 0) is 20.8 Å². The van der Waals surface area contributed by atoms with E-state index in [-0.39, 0.29) is 5.60 Å². The number of thioether (sulfide) groups is 2. The molecule has 0 aliphatic rings. The van der Waals surface area contributed by atoms with Crippen LogP contribution < -0.4 is 0 Å². The molecule has 0 amide bonds. The van der Waals surface area contributed by atoms with Gasteiger partial charge < -0.3 is 4.74 Å². The first kappa shape index (κ1) is 14.4. The lowest BCUT2D eigenvalue weighted by Gasteiger charge is -2.19. The molecule has 0 aromatic rings. The zero-order valence-electron chi connectivity index (χ0n) is 9.54. The van der Waals surface area contributed by atoms with Crippen LogP contribution in [0.1, 0.15) is 20.8 Å². The molecule has 0 bridgehead atoms. The zero-order valence-corrected chi connectivity index (χ0v) is 11.2. The first-order valence-corrected chi connectivity index (χ1v) is 7.27. The van der Waals surface area contributed by atoms with Crippen LogP contribution in [0.2, 0.25) is 0 Å². The summed E-state index contributed by atoms with van der Waals surface area (Å²) in [5, 5.41) is 0. The van der Waals surface area contributed by atoms with Crippen molar-refractivity contribution in [2.75, 3.05) is 29.6 Å². The predicted octanol–water partition coefficient (Wildman–Crippen LogP) is 3.45. The maximum absolute atomic E-state index is 5.61. The summed E-state index contributed by atoms with van der Waals surface area (Å²) < 4.78 is 5.61. The summed E-state index contributed by atoms with van der Waals surface area (Å²) in [5.41, 5.74) is 0.0121. The van der Waals surface area contributed by atoms with Crippen LogP contribution in [-0.4, -0.2) is 35.2 Å². The van der Waals surface area contributed by atoms with Crippen LogP contribution in [0.3, 0.4) is 0 Å². The van der Waals surface area contributed by atoms with Crippen molar-refractivity contribution in [2.45, 2.75) is 26.4 Å². The average Bonchev–Trinajstić information content (AvgIpc) is 2.08. The van der Waals surface area contributed by atoms with Gasteiger partial charge in [-0.2, -0.15) is 23.5 Å². The molecule has 0 unspecified atom stereocenters. The van der Waals surface area contributed by atoms with Gasteiger partial charge in [0.1, 0.15) is 0 Å². The van der Waals surface area contributed by atoms with Gasteiger partial charge in [0.25, 0.3) is 0 Å². The minimum atomic E-state index is 0.0121. The molecule has 0 fully saturated rings. The quantitative estimate of drug-likeness (QED) is 0.470. The van der Waals surface area contributed by atoms with Crippen LogP contribution in [-0.2, 0) is 4.74 Å². The van der Waals surface area contributed by atoms with E-state index in [1.165, 1.54) is 11.5 Å². The maximum Gasteiger partial charge on any atom is 0.0598 e. The standard InChI is InChI=1S/C11H22OS2/c1-5-7-13-9-10-14-8-6-12-11(2,3)4/h5H,1,6-10H2,2-4H3. The lowest BCUT2D eigenvalue weighted by molar-refractivity contribution is 0.00695. The fourth-order valence-corrected chi connectivity index (χ4v) is 2.47. The number of hydrogen-bond acceptors (Lipinski definition) is 3. The molecule has 3 heteroatoms. The molecule has 1 nitrogen and oxygen atoms in total. The molecule has 0 aromatic heterocycles. The molecule has 0 radical (unpaired) electrons. The van der Waals surface area contributed by atoms with E-state index >= 15 is 0 Å². The molecular weight excluding hydrogens is 212 g/mol. The second-order valence-electron chi connectivity index (χ2n) is 3.94. The van der Waals surface area contributed by atoms with Crippen molar-refractivity contribution in [2.24, 2.45) is 0 Å². The Hall–Kier alpha value is 0.400. The molecule has 0 rings (SSSR count). The maximum atomic E-state index is 5.61. The highest BCUT2D eigenvalue weighted by Crippen LogP contribution is 2.10. The van der Waals surface area contributed by atoms with Crippen molar-refractivity contribution in [1.29, 1.82) is 0 Å². The Morgan fingerprint density at radius 3 is 2.36 bits per heavy atom. The van der Waals surface area contributed by atoms with Crippen LogP contribution in [0.5, 0.6) is 0 Å². The van der Waals surface area contributed by atoms with Gasteiger partial charge in [-0.15, -0.1) is 6.58 Å². The lowest BCUT2D eigenvalue weighted by Crippen LogP contribution is -2.20. The van der Waals surface area contributed by atoms with Crippen molar-refractivity contribution < 1.29 is 4.74 Å². The van der Waals surface area contributed by atoms with Crippen molar-refractivity contribution in [3.8, 4) is 0 Å². The molecule has 0 aromatic carbocycles. The molecule has 0 aliphatic carbocycles. The van der Waals surface area contributed by atoms with Crippen molar-refractivity contribution in [1.82, 2.24) is 0 Å². The van der Waals surface area contributed by atoms with E-state index in [1.807, 2.05) is 29.6 Å². The van der Waals surface area contributed by atoms with E-state index in [0.717, 1.165) is 18.1 Å². The molecule has 14 heavy (non-hydrogen) atoms. The molecule has 0 N–H and O–H groups in total. The fraction of sp³-hybridized carbons (Fsp3) is 0.818. The summed E-state index contributed by atoms with van der Waals surface area (Å²) in [6, 6.07) is 0. The van der Waals surface area contributed by atoms with Crippen LogP contribution in [0, 0.1) is 0 Å². The van der Waals surface area contributed by atoms with E-state index in [0.29, 0.717) is 0 Å². The predicted molar refractivity (Wildman–Crippen MR) is 70.6 cm³/mol. The van der Waals surface area contributed by atoms with Gasteiger partial charge in [0.05, 0.1) is 12.2 Å². The number of ether oxygens (including phenoxy) is 1. The summed E-state index contributed by atoms with van der Waals surface area (Å²) in [6.45, 7) is 10.8. The van der Waals surface area contributed by atoms with Gasteiger partial charge in [0.2, 0.25) is 0 Å². The van der Waals surface area contributed by atoms with E-state index in [2.05, 4.69) is 27.4 Å². The Morgan fingerprint density at radius 2 is 1.79 bits per heavy atom. The molecule has 0 saturated heterocycles. The minimum absolute atomic E-state index is 0.0121. The fourth-order valence-electron chi connectivity index (χ4n) is 0.793. The third-order valence-corrected chi connectivity index (χ3v) is 3.54. The molecule has 0 atom stereocenters. The zero-order chi connectivity index (χ0) is 10.9. The summed E-state index contributed by atoms with van der Waals surface area (Å²) in [4.78, 5) is 0. The monoisotopic (exact) mass is 234 g/mol. The molecule has 0 saturated carbocycles. The topological polar surface area (TPSA) is 9.23 Å². The lowest BCUT2D eigenvalue weighted by atomic mass is 10.2. The van der Waals surface area contributed by atoms with Crippen LogP contribution in [0.15, 0.2) is 12.7 Å². The van der Waals surface area contributed by atoms with Crippen LogP contribution in [0.4, 0.5) is 0 Å². The molecule has 0 spiro atoms. The molecule has 0 aliphatic heterocycles. The third-order valence-electron chi connectivity index (χ3n) is 1.37. The second kappa shape index (κ2) is 8.69. The van der Waals surface area contributed by atoms with Gasteiger partial charge >= 0.3 is 0 Å². The second-order valence-corrected chi connectivity index (χ2v) is 6.31.